The van der Waals surface area contributed by atoms with Gasteiger partial charge in [-0.2, -0.15) is 0 Å². The van der Waals surface area contributed by atoms with Crippen LogP contribution in [0.5, 0.6) is 0 Å². The summed E-state index contributed by atoms with van der Waals surface area (Å²) >= 11 is 0. The van der Waals surface area contributed by atoms with Gasteiger partial charge in [-0.3, -0.25) is 10.1 Å². The molecule has 1 unspecified atom stereocenters. The molecule has 1 aromatic carbocycles. The molecule has 0 amide bonds. The molecule has 0 fully saturated rings. The molecular weight excluding hydrogens is 227 g/mol. The molecule has 17 heavy (non-hydrogen) atoms. The van der Waals surface area contributed by atoms with Gasteiger partial charge >= 0.3 is 0 Å². The maximum absolute atomic E-state index is 13.1. The first-order valence-electron chi connectivity index (χ1n) is 5.32. The van der Waals surface area contributed by atoms with E-state index in [0.29, 0.717) is 18.9 Å². The molecule has 94 valence electrons. The number of hydrogen-bond donors (Lipinski definition) is 1. The van der Waals surface area contributed by atoms with Crippen molar-refractivity contribution in [1.29, 1.82) is 0 Å². The topological polar surface area (TPSA) is 64.4 Å². The molecule has 0 spiro atoms. The van der Waals surface area contributed by atoms with E-state index in [1.807, 2.05) is 13.8 Å². The Kier molecular flexibility index (Phi) is 4.84. The highest BCUT2D eigenvalue weighted by molar-refractivity contribution is 5.52. The molecule has 1 N–H and O–H groups in total. The molecule has 1 aromatic rings. The summed E-state index contributed by atoms with van der Waals surface area (Å²) in [7, 11) is 0. The Hall–Kier alpha value is -1.69. The summed E-state index contributed by atoms with van der Waals surface area (Å²) in [5, 5.41) is 13.5. The zero-order chi connectivity index (χ0) is 12.8. The first kappa shape index (κ1) is 13.4. The van der Waals surface area contributed by atoms with Crippen LogP contribution in [0.25, 0.3) is 0 Å². The third kappa shape index (κ3) is 4.36. The minimum absolute atomic E-state index is 0.0450. The van der Waals surface area contributed by atoms with E-state index in [0.717, 1.165) is 6.07 Å². The van der Waals surface area contributed by atoms with Gasteiger partial charge in [0.15, 0.2) is 0 Å². The van der Waals surface area contributed by atoms with E-state index in [4.69, 9.17) is 4.74 Å². The lowest BCUT2D eigenvalue weighted by Crippen LogP contribution is -2.21. The standard InChI is InChI=1S/C11H15FN2O3/c1-3-17-7-8(2)13-10-4-9(12)5-11(6-10)14(15)16/h4-6,8,13H,3,7H2,1-2H3. The van der Waals surface area contributed by atoms with E-state index >= 15 is 0 Å². The van der Waals surface area contributed by atoms with E-state index in [2.05, 4.69) is 5.32 Å². The summed E-state index contributed by atoms with van der Waals surface area (Å²) in [4.78, 5) is 9.93. The van der Waals surface area contributed by atoms with Crippen LogP contribution in [0.3, 0.4) is 0 Å². The number of nitro benzene ring substituents is 1. The summed E-state index contributed by atoms with van der Waals surface area (Å²) in [5.41, 5.74) is 0.111. The predicted molar refractivity (Wildman–Crippen MR) is 62.6 cm³/mol. The Morgan fingerprint density at radius 2 is 2.24 bits per heavy atom. The third-order valence-electron chi connectivity index (χ3n) is 2.08. The quantitative estimate of drug-likeness (QED) is 0.615. The highest BCUT2D eigenvalue weighted by Gasteiger charge is 2.11. The van der Waals surface area contributed by atoms with Crippen LogP contribution in [0, 0.1) is 15.9 Å². The SMILES string of the molecule is CCOCC(C)Nc1cc(F)cc([N+](=O)[O-])c1. The fourth-order valence-electron chi connectivity index (χ4n) is 1.38. The summed E-state index contributed by atoms with van der Waals surface area (Å²) in [5.74, 6) is -0.634. The van der Waals surface area contributed by atoms with Gasteiger partial charge in [0, 0.05) is 24.4 Å². The van der Waals surface area contributed by atoms with Gasteiger partial charge in [-0.05, 0) is 19.9 Å². The Bertz CT molecular complexity index is 398. The number of anilines is 1. The monoisotopic (exact) mass is 242 g/mol. The molecule has 0 saturated carbocycles. The van der Waals surface area contributed by atoms with Crippen molar-refractivity contribution in [2.24, 2.45) is 0 Å². The van der Waals surface area contributed by atoms with Crippen molar-refractivity contribution in [3.63, 3.8) is 0 Å². The molecule has 0 radical (unpaired) electrons. The zero-order valence-electron chi connectivity index (χ0n) is 9.77. The first-order valence-corrected chi connectivity index (χ1v) is 5.32. The van der Waals surface area contributed by atoms with Crippen LogP contribution >= 0.6 is 0 Å². The number of nitrogens with zero attached hydrogens (tertiary/aromatic N) is 1. The molecule has 0 bridgehead atoms. The number of halogens is 1. The molecule has 0 heterocycles. The molecule has 5 nitrogen and oxygen atoms in total. The summed E-state index contributed by atoms with van der Waals surface area (Å²) in [6.07, 6.45) is 0. The molecule has 0 aliphatic rings. The van der Waals surface area contributed by atoms with Crippen LogP contribution < -0.4 is 5.32 Å². The largest absolute Gasteiger partial charge is 0.380 e. The van der Waals surface area contributed by atoms with Crippen LogP contribution in [0.2, 0.25) is 0 Å². The molecule has 1 atom stereocenters. The van der Waals surface area contributed by atoms with Gasteiger partial charge in [0.2, 0.25) is 0 Å². The van der Waals surface area contributed by atoms with Crippen LogP contribution in [0.4, 0.5) is 15.8 Å². The number of ether oxygens (including phenoxy) is 1. The molecule has 0 aromatic heterocycles. The summed E-state index contributed by atoms with van der Waals surface area (Å²) in [6.45, 7) is 4.78. The molecule has 1 rings (SSSR count). The fraction of sp³-hybridized carbons (Fsp3) is 0.455. The van der Waals surface area contributed by atoms with E-state index in [1.165, 1.54) is 12.1 Å². The van der Waals surface area contributed by atoms with Crippen molar-refractivity contribution in [3.05, 3.63) is 34.1 Å². The molecular formula is C11H15FN2O3. The molecule has 0 aliphatic carbocycles. The van der Waals surface area contributed by atoms with Gasteiger partial charge in [-0.25, -0.2) is 4.39 Å². The predicted octanol–water partition coefficient (Wildman–Crippen LogP) is 2.57. The van der Waals surface area contributed by atoms with E-state index in [1.54, 1.807) is 0 Å². The number of nitro groups is 1. The van der Waals surface area contributed by atoms with Crippen molar-refractivity contribution in [2.45, 2.75) is 19.9 Å². The van der Waals surface area contributed by atoms with Gasteiger partial charge in [0.25, 0.3) is 5.69 Å². The van der Waals surface area contributed by atoms with Gasteiger partial charge in [-0.15, -0.1) is 0 Å². The highest BCUT2D eigenvalue weighted by Crippen LogP contribution is 2.20. The molecule has 6 heteroatoms. The van der Waals surface area contributed by atoms with E-state index < -0.39 is 10.7 Å². The second kappa shape index (κ2) is 6.15. The van der Waals surface area contributed by atoms with Gasteiger partial charge in [0.1, 0.15) is 5.82 Å². The molecule has 0 aliphatic heterocycles. The van der Waals surface area contributed by atoms with Gasteiger partial charge in [0.05, 0.1) is 17.6 Å². The number of rotatable bonds is 6. The van der Waals surface area contributed by atoms with Crippen molar-refractivity contribution in [3.8, 4) is 0 Å². The first-order chi connectivity index (χ1) is 8.02. The Morgan fingerprint density at radius 3 is 2.82 bits per heavy atom. The maximum atomic E-state index is 13.1. The Balaban J connectivity index is 2.73. The lowest BCUT2D eigenvalue weighted by molar-refractivity contribution is -0.385. The van der Waals surface area contributed by atoms with Crippen LogP contribution in [-0.4, -0.2) is 24.2 Å². The lowest BCUT2D eigenvalue weighted by Gasteiger charge is -2.14. The number of benzene rings is 1. The normalized spacial score (nSPS) is 12.2. The Labute approximate surface area is 98.7 Å². The fourth-order valence-corrected chi connectivity index (χ4v) is 1.38. The zero-order valence-corrected chi connectivity index (χ0v) is 9.77. The van der Waals surface area contributed by atoms with E-state index in [9.17, 15) is 14.5 Å². The molecule has 0 saturated heterocycles. The Morgan fingerprint density at radius 1 is 1.53 bits per heavy atom. The summed E-state index contributed by atoms with van der Waals surface area (Å²) < 4.78 is 18.3. The number of hydrogen-bond acceptors (Lipinski definition) is 4. The van der Waals surface area contributed by atoms with Crippen molar-refractivity contribution < 1.29 is 14.1 Å². The van der Waals surface area contributed by atoms with E-state index in [-0.39, 0.29) is 11.7 Å². The number of nitrogens with one attached hydrogen (secondary N) is 1. The number of non-ortho nitro benzene ring substituents is 1. The van der Waals surface area contributed by atoms with Crippen LogP contribution in [-0.2, 0) is 4.74 Å². The minimum atomic E-state index is -0.634. The minimum Gasteiger partial charge on any atom is -0.380 e. The van der Waals surface area contributed by atoms with Crippen molar-refractivity contribution in [2.75, 3.05) is 18.5 Å². The highest BCUT2D eigenvalue weighted by atomic mass is 19.1. The lowest BCUT2D eigenvalue weighted by atomic mass is 10.2. The van der Waals surface area contributed by atoms with Crippen molar-refractivity contribution in [1.82, 2.24) is 0 Å². The van der Waals surface area contributed by atoms with Crippen LogP contribution in [0.15, 0.2) is 18.2 Å². The average Bonchev–Trinajstić information content (AvgIpc) is 2.25. The van der Waals surface area contributed by atoms with Crippen molar-refractivity contribution >= 4 is 11.4 Å². The van der Waals surface area contributed by atoms with Gasteiger partial charge < -0.3 is 10.1 Å². The second-order valence-electron chi connectivity index (χ2n) is 3.66. The second-order valence-corrected chi connectivity index (χ2v) is 3.66. The smallest absolute Gasteiger partial charge is 0.274 e. The third-order valence-corrected chi connectivity index (χ3v) is 2.08. The van der Waals surface area contributed by atoms with Crippen LogP contribution in [0.1, 0.15) is 13.8 Å². The van der Waals surface area contributed by atoms with Gasteiger partial charge in [-0.1, -0.05) is 0 Å². The average molecular weight is 242 g/mol. The maximum Gasteiger partial charge on any atom is 0.274 e. The summed E-state index contributed by atoms with van der Waals surface area (Å²) in [6, 6.07) is 3.36.